The highest BCUT2D eigenvalue weighted by Gasteiger charge is 2.17. The van der Waals surface area contributed by atoms with E-state index in [9.17, 15) is 4.39 Å². The monoisotopic (exact) mass is 378 g/mol. The van der Waals surface area contributed by atoms with Gasteiger partial charge in [-0.2, -0.15) is 5.10 Å². The molecule has 1 aliphatic carbocycles. The minimum atomic E-state index is -0.363. The van der Waals surface area contributed by atoms with Gasteiger partial charge in [0.05, 0.1) is 24.2 Å². The van der Waals surface area contributed by atoms with E-state index in [1.807, 2.05) is 18.4 Å². The van der Waals surface area contributed by atoms with Gasteiger partial charge in [0.1, 0.15) is 5.82 Å². The number of hydrogen-bond donors (Lipinski definition) is 0. The number of rotatable bonds is 8. The summed E-state index contributed by atoms with van der Waals surface area (Å²) in [7, 11) is 0. The summed E-state index contributed by atoms with van der Waals surface area (Å²) in [6.45, 7) is 10.4. The lowest BCUT2D eigenvalue weighted by Gasteiger charge is -2.25. The maximum absolute atomic E-state index is 13.4. The van der Waals surface area contributed by atoms with Gasteiger partial charge in [-0.25, -0.2) is 4.39 Å². The van der Waals surface area contributed by atoms with E-state index in [0.717, 1.165) is 40.6 Å². The van der Waals surface area contributed by atoms with Crippen LogP contribution >= 0.6 is 0 Å². The number of allylic oxidation sites excluding steroid dienone is 4. The van der Waals surface area contributed by atoms with Crippen molar-refractivity contribution in [1.82, 2.24) is 9.99 Å². The summed E-state index contributed by atoms with van der Waals surface area (Å²) in [5, 5.41) is 6.37. The number of nitrogens with zero attached hydrogens (tertiary/aromatic N) is 4. The van der Waals surface area contributed by atoms with Crippen molar-refractivity contribution in [2.75, 3.05) is 0 Å². The van der Waals surface area contributed by atoms with E-state index in [0.29, 0.717) is 6.54 Å². The first kappa shape index (κ1) is 19.9. The standard InChI is InChI=1S/C23H27FN4/c1-4-21(14-26-17(2)8-10-19-6-5-7-19)23-11-9-18(3)28(27-23)16-20-12-22(24)15-25-13-20/h4,9,11-15,19H,1,3,5-8,10,16H2,2H3/b21-14+,26-17?. The maximum atomic E-state index is 13.4. The molecule has 0 N–H and O–H groups in total. The zero-order valence-corrected chi connectivity index (χ0v) is 16.4. The van der Waals surface area contributed by atoms with Crippen molar-refractivity contribution in [2.24, 2.45) is 16.0 Å². The largest absolute Gasteiger partial charge is 0.265 e. The van der Waals surface area contributed by atoms with Gasteiger partial charge in [-0.05, 0) is 49.5 Å². The number of hydrazone groups is 1. The molecule has 5 heteroatoms. The topological polar surface area (TPSA) is 40.9 Å². The van der Waals surface area contributed by atoms with Gasteiger partial charge in [-0.15, -0.1) is 0 Å². The number of aliphatic imine (C=N–C) groups is 1. The van der Waals surface area contributed by atoms with Crippen LogP contribution in [0.2, 0.25) is 0 Å². The Balaban J connectivity index is 1.70. The first-order valence-electron chi connectivity index (χ1n) is 9.74. The number of hydrogen-bond acceptors (Lipinski definition) is 4. The summed E-state index contributed by atoms with van der Waals surface area (Å²) < 4.78 is 13.4. The molecule has 0 aromatic carbocycles. The second-order valence-electron chi connectivity index (χ2n) is 7.37. The predicted octanol–water partition coefficient (Wildman–Crippen LogP) is 5.57. The van der Waals surface area contributed by atoms with E-state index in [4.69, 9.17) is 0 Å². The molecule has 0 spiro atoms. The highest BCUT2D eigenvalue weighted by Crippen LogP contribution is 2.30. The van der Waals surface area contributed by atoms with Crippen molar-refractivity contribution >= 4 is 11.4 Å². The highest BCUT2D eigenvalue weighted by molar-refractivity contribution is 6.10. The molecular weight excluding hydrogens is 351 g/mol. The van der Waals surface area contributed by atoms with E-state index >= 15 is 0 Å². The van der Waals surface area contributed by atoms with Crippen molar-refractivity contribution in [2.45, 2.75) is 45.6 Å². The minimum absolute atomic E-state index is 0.363. The molecule has 1 fully saturated rings. The molecule has 1 saturated carbocycles. The van der Waals surface area contributed by atoms with Gasteiger partial charge in [0, 0.05) is 23.7 Å². The first-order chi connectivity index (χ1) is 13.5. The number of halogens is 1. The normalized spacial score (nSPS) is 18.1. The number of aromatic nitrogens is 1. The van der Waals surface area contributed by atoms with Crippen LogP contribution in [0.3, 0.4) is 0 Å². The lowest BCUT2D eigenvalue weighted by molar-refractivity contribution is 0.300. The summed E-state index contributed by atoms with van der Waals surface area (Å²) in [6.07, 6.45) is 16.5. The Morgan fingerprint density at radius 2 is 2.18 bits per heavy atom. The molecule has 2 aliphatic rings. The molecule has 0 radical (unpaired) electrons. The molecular formula is C23H27FN4. The molecule has 0 bridgehead atoms. The summed E-state index contributed by atoms with van der Waals surface area (Å²) in [5.41, 5.74) is 4.18. The van der Waals surface area contributed by atoms with Crippen LogP contribution < -0.4 is 0 Å². The smallest absolute Gasteiger partial charge is 0.141 e. The second-order valence-corrected chi connectivity index (χ2v) is 7.37. The van der Waals surface area contributed by atoms with E-state index in [-0.39, 0.29) is 5.82 Å². The van der Waals surface area contributed by atoms with Crippen LogP contribution in [-0.4, -0.2) is 21.4 Å². The molecule has 0 amide bonds. The van der Waals surface area contributed by atoms with E-state index in [2.05, 4.69) is 35.2 Å². The SMILES string of the molecule is C=C/C(=C\N=C(C)CCC1CCC1)C1=NN(Cc2cncc(F)c2)C(=C)C=C1. The van der Waals surface area contributed by atoms with Gasteiger partial charge in [-0.1, -0.05) is 38.5 Å². The van der Waals surface area contributed by atoms with Crippen molar-refractivity contribution in [1.29, 1.82) is 0 Å². The Hall–Kier alpha value is -2.82. The summed E-state index contributed by atoms with van der Waals surface area (Å²) in [4.78, 5) is 8.50. The van der Waals surface area contributed by atoms with Crippen LogP contribution in [0.4, 0.5) is 4.39 Å². The van der Waals surface area contributed by atoms with Gasteiger partial charge < -0.3 is 0 Å². The van der Waals surface area contributed by atoms with Crippen molar-refractivity contribution in [3.8, 4) is 0 Å². The van der Waals surface area contributed by atoms with Gasteiger partial charge in [0.15, 0.2) is 0 Å². The maximum Gasteiger partial charge on any atom is 0.141 e. The van der Waals surface area contributed by atoms with Gasteiger partial charge >= 0.3 is 0 Å². The summed E-state index contributed by atoms with van der Waals surface area (Å²) in [5.74, 6) is 0.522. The Labute approximate surface area is 166 Å². The molecule has 1 aromatic rings. The molecule has 2 heterocycles. The van der Waals surface area contributed by atoms with Gasteiger partial charge in [-0.3, -0.25) is 15.0 Å². The van der Waals surface area contributed by atoms with Crippen molar-refractivity contribution in [3.63, 3.8) is 0 Å². The lowest BCUT2D eigenvalue weighted by atomic mass is 9.82. The molecule has 1 aliphatic heterocycles. The van der Waals surface area contributed by atoms with E-state index < -0.39 is 0 Å². The van der Waals surface area contributed by atoms with E-state index in [1.165, 1.54) is 37.9 Å². The molecule has 1 aromatic heterocycles. The molecule has 0 unspecified atom stereocenters. The third-order valence-electron chi connectivity index (χ3n) is 5.17. The Kier molecular flexibility index (Phi) is 6.69. The first-order valence-corrected chi connectivity index (χ1v) is 9.74. The Bertz CT molecular complexity index is 859. The van der Waals surface area contributed by atoms with Gasteiger partial charge in [0.2, 0.25) is 0 Å². The third kappa shape index (κ3) is 5.35. The fourth-order valence-corrected chi connectivity index (χ4v) is 3.16. The van der Waals surface area contributed by atoms with Crippen LogP contribution in [0.15, 0.2) is 77.4 Å². The third-order valence-corrected chi connectivity index (χ3v) is 5.17. The van der Waals surface area contributed by atoms with Crippen molar-refractivity contribution in [3.05, 3.63) is 78.7 Å². The average molecular weight is 378 g/mol. The zero-order valence-electron chi connectivity index (χ0n) is 16.4. The number of pyridine rings is 1. The van der Waals surface area contributed by atoms with Crippen LogP contribution in [0.1, 0.15) is 44.6 Å². The molecule has 0 atom stereocenters. The Morgan fingerprint density at radius 3 is 2.86 bits per heavy atom. The molecule has 4 nitrogen and oxygen atoms in total. The molecule has 0 saturated heterocycles. The average Bonchev–Trinajstić information content (AvgIpc) is 2.63. The predicted molar refractivity (Wildman–Crippen MR) is 113 cm³/mol. The van der Waals surface area contributed by atoms with E-state index in [1.54, 1.807) is 17.3 Å². The van der Waals surface area contributed by atoms with Crippen LogP contribution in [0.25, 0.3) is 0 Å². The molecule has 3 rings (SSSR count). The quantitative estimate of drug-likeness (QED) is 0.438. The minimum Gasteiger partial charge on any atom is -0.265 e. The molecule has 146 valence electrons. The van der Waals surface area contributed by atoms with Gasteiger partial charge in [0.25, 0.3) is 0 Å². The summed E-state index contributed by atoms with van der Waals surface area (Å²) in [6, 6.07) is 1.45. The fraction of sp³-hybridized carbons (Fsp3) is 0.348. The zero-order chi connectivity index (χ0) is 19.9. The van der Waals surface area contributed by atoms with Crippen LogP contribution in [0, 0.1) is 11.7 Å². The highest BCUT2D eigenvalue weighted by atomic mass is 19.1. The fourth-order valence-electron chi connectivity index (χ4n) is 3.16. The van der Waals surface area contributed by atoms with Crippen molar-refractivity contribution < 1.29 is 4.39 Å². The summed E-state index contributed by atoms with van der Waals surface area (Å²) >= 11 is 0. The Morgan fingerprint density at radius 1 is 1.36 bits per heavy atom. The molecule has 28 heavy (non-hydrogen) atoms. The lowest BCUT2D eigenvalue weighted by Crippen LogP contribution is -2.21. The van der Waals surface area contributed by atoms with Crippen LogP contribution in [0.5, 0.6) is 0 Å². The second kappa shape index (κ2) is 9.40. The van der Waals surface area contributed by atoms with Crippen LogP contribution in [-0.2, 0) is 6.54 Å².